The molecule has 19 heavy (non-hydrogen) atoms. The summed E-state index contributed by atoms with van der Waals surface area (Å²) >= 11 is 16.5. The summed E-state index contributed by atoms with van der Waals surface area (Å²) in [6.45, 7) is 2.32. The van der Waals surface area contributed by atoms with Gasteiger partial charge in [0.05, 0.1) is 10.0 Å². The zero-order valence-electron chi connectivity index (χ0n) is 11.2. The number of benzene rings is 1. The average molecular weight is 336 g/mol. The van der Waals surface area contributed by atoms with Gasteiger partial charge in [-0.05, 0) is 25.1 Å². The Hall–Kier alpha value is 0.460. The smallest absolute Gasteiger partial charge is 0.0624 e. The molecule has 0 aromatic heterocycles. The van der Waals surface area contributed by atoms with Crippen LogP contribution in [0.5, 0.6) is 0 Å². The molecule has 1 aliphatic heterocycles. The van der Waals surface area contributed by atoms with E-state index in [0.29, 0.717) is 26.6 Å². The van der Waals surface area contributed by atoms with Crippen molar-refractivity contribution in [1.29, 1.82) is 0 Å². The Morgan fingerprint density at radius 1 is 1.32 bits per heavy atom. The first-order valence-corrected chi connectivity index (χ1v) is 9.32. The SMILES string of the molecule is CNC(Cc1cccc(Cl)c1Cl)C1SCCSC1C. The quantitative estimate of drug-likeness (QED) is 0.877. The first kappa shape index (κ1) is 15.8. The molecule has 5 heteroatoms. The predicted molar refractivity (Wildman–Crippen MR) is 91.2 cm³/mol. The van der Waals surface area contributed by atoms with Crippen LogP contribution in [0.25, 0.3) is 0 Å². The van der Waals surface area contributed by atoms with Crippen molar-refractivity contribution in [2.45, 2.75) is 29.9 Å². The highest BCUT2D eigenvalue weighted by Crippen LogP contribution is 2.35. The normalized spacial score (nSPS) is 25.3. The fourth-order valence-electron chi connectivity index (χ4n) is 2.42. The van der Waals surface area contributed by atoms with Crippen molar-refractivity contribution in [1.82, 2.24) is 5.32 Å². The van der Waals surface area contributed by atoms with E-state index in [0.717, 1.165) is 12.0 Å². The van der Waals surface area contributed by atoms with E-state index in [1.54, 1.807) is 0 Å². The van der Waals surface area contributed by atoms with Crippen LogP contribution in [0.3, 0.4) is 0 Å². The van der Waals surface area contributed by atoms with E-state index in [1.165, 1.54) is 11.5 Å². The number of hydrogen-bond donors (Lipinski definition) is 1. The molecule has 1 aromatic rings. The van der Waals surface area contributed by atoms with Gasteiger partial charge in [-0.15, -0.1) is 0 Å². The van der Waals surface area contributed by atoms with Crippen LogP contribution in [0.2, 0.25) is 10.0 Å². The van der Waals surface area contributed by atoms with Crippen molar-refractivity contribution in [2.24, 2.45) is 0 Å². The third-order valence-corrected chi connectivity index (χ3v) is 7.58. The fraction of sp³-hybridized carbons (Fsp3) is 0.571. The third-order valence-electron chi connectivity index (χ3n) is 3.48. The van der Waals surface area contributed by atoms with Crippen LogP contribution in [0.4, 0.5) is 0 Å². The maximum absolute atomic E-state index is 6.30. The molecule has 106 valence electrons. The monoisotopic (exact) mass is 335 g/mol. The molecule has 0 spiro atoms. The molecular weight excluding hydrogens is 317 g/mol. The lowest BCUT2D eigenvalue weighted by molar-refractivity contribution is 0.531. The van der Waals surface area contributed by atoms with E-state index >= 15 is 0 Å². The van der Waals surface area contributed by atoms with Crippen LogP contribution in [0.1, 0.15) is 12.5 Å². The molecule has 0 bridgehead atoms. The lowest BCUT2D eigenvalue weighted by Gasteiger charge is -2.34. The molecule has 3 atom stereocenters. The van der Waals surface area contributed by atoms with Gasteiger partial charge in [0.1, 0.15) is 0 Å². The summed E-state index contributed by atoms with van der Waals surface area (Å²) in [6.07, 6.45) is 0.929. The summed E-state index contributed by atoms with van der Waals surface area (Å²) in [5, 5.41) is 6.11. The summed E-state index contributed by atoms with van der Waals surface area (Å²) < 4.78 is 0. The first-order chi connectivity index (χ1) is 9.13. The van der Waals surface area contributed by atoms with Crippen LogP contribution in [-0.2, 0) is 6.42 Å². The minimum Gasteiger partial charge on any atom is -0.316 e. The molecule has 3 unspecified atom stereocenters. The molecule has 1 fully saturated rings. The highest BCUT2D eigenvalue weighted by Gasteiger charge is 2.29. The van der Waals surface area contributed by atoms with Crippen LogP contribution in [-0.4, -0.2) is 35.1 Å². The average Bonchev–Trinajstić information content (AvgIpc) is 2.41. The number of thioether (sulfide) groups is 2. The van der Waals surface area contributed by atoms with Crippen LogP contribution in [0.15, 0.2) is 18.2 Å². The standard InChI is InChI=1S/C14H19Cl2NS2/c1-9-14(19-7-6-18-9)12(17-2)8-10-4-3-5-11(15)13(10)16/h3-5,9,12,14,17H,6-8H2,1-2H3. The Morgan fingerprint density at radius 3 is 2.74 bits per heavy atom. The molecule has 0 radical (unpaired) electrons. The number of nitrogens with one attached hydrogen (secondary N) is 1. The Balaban J connectivity index is 2.12. The second-order valence-corrected chi connectivity index (χ2v) is 8.28. The van der Waals surface area contributed by atoms with E-state index in [1.807, 2.05) is 19.2 Å². The zero-order valence-corrected chi connectivity index (χ0v) is 14.3. The summed E-state index contributed by atoms with van der Waals surface area (Å²) in [6, 6.07) is 6.32. The molecule has 0 aliphatic carbocycles. The predicted octanol–water partition coefficient (Wildman–Crippen LogP) is 4.36. The molecular formula is C14H19Cl2NS2. The minimum atomic E-state index is 0.434. The van der Waals surface area contributed by atoms with Crippen LogP contribution >= 0.6 is 46.7 Å². The van der Waals surface area contributed by atoms with Gasteiger partial charge in [-0.25, -0.2) is 0 Å². The van der Waals surface area contributed by atoms with Gasteiger partial charge < -0.3 is 5.32 Å². The first-order valence-electron chi connectivity index (χ1n) is 6.47. The maximum atomic E-state index is 6.30. The maximum Gasteiger partial charge on any atom is 0.0624 e. The lowest BCUT2D eigenvalue weighted by atomic mass is 10.0. The van der Waals surface area contributed by atoms with Crippen LogP contribution < -0.4 is 5.32 Å². The van der Waals surface area contributed by atoms with E-state index in [9.17, 15) is 0 Å². The molecule has 1 nitrogen and oxygen atoms in total. The topological polar surface area (TPSA) is 12.0 Å². The summed E-state index contributed by atoms with van der Waals surface area (Å²) in [7, 11) is 2.04. The van der Waals surface area contributed by atoms with Crippen molar-refractivity contribution in [3.8, 4) is 0 Å². The van der Waals surface area contributed by atoms with Gasteiger partial charge in [-0.2, -0.15) is 23.5 Å². The van der Waals surface area contributed by atoms with Crippen molar-refractivity contribution < 1.29 is 0 Å². The Morgan fingerprint density at radius 2 is 2.05 bits per heavy atom. The Bertz CT molecular complexity index is 428. The molecule has 1 N–H and O–H groups in total. The van der Waals surface area contributed by atoms with Crippen LogP contribution in [0, 0.1) is 0 Å². The second kappa shape index (κ2) is 7.46. The summed E-state index contributed by atoms with van der Waals surface area (Å²) in [4.78, 5) is 0. The van der Waals surface area contributed by atoms with Gasteiger partial charge in [0, 0.05) is 28.0 Å². The molecule has 1 heterocycles. The van der Waals surface area contributed by atoms with E-state index in [4.69, 9.17) is 23.2 Å². The number of rotatable bonds is 4. The number of hydrogen-bond acceptors (Lipinski definition) is 3. The largest absolute Gasteiger partial charge is 0.316 e. The second-order valence-electron chi connectivity index (χ2n) is 4.72. The van der Waals surface area contributed by atoms with E-state index in [-0.39, 0.29) is 0 Å². The number of likely N-dealkylation sites (N-methyl/N-ethyl adjacent to an activating group) is 1. The molecule has 0 saturated carbocycles. The highest BCUT2D eigenvalue weighted by atomic mass is 35.5. The van der Waals surface area contributed by atoms with E-state index < -0.39 is 0 Å². The van der Waals surface area contributed by atoms with E-state index in [2.05, 4.69) is 41.8 Å². The van der Waals surface area contributed by atoms with Gasteiger partial charge in [-0.1, -0.05) is 42.3 Å². The molecule has 1 aromatic carbocycles. The fourth-order valence-corrected chi connectivity index (χ4v) is 5.81. The lowest BCUT2D eigenvalue weighted by Crippen LogP contribution is -2.44. The van der Waals surface area contributed by atoms with Crippen molar-refractivity contribution in [3.05, 3.63) is 33.8 Å². The van der Waals surface area contributed by atoms with Gasteiger partial charge in [0.15, 0.2) is 0 Å². The van der Waals surface area contributed by atoms with Gasteiger partial charge in [0.2, 0.25) is 0 Å². The Kier molecular flexibility index (Phi) is 6.22. The molecule has 1 aliphatic rings. The van der Waals surface area contributed by atoms with Gasteiger partial charge >= 0.3 is 0 Å². The van der Waals surface area contributed by atoms with Crippen molar-refractivity contribution in [3.63, 3.8) is 0 Å². The summed E-state index contributed by atoms with van der Waals surface area (Å²) in [5.74, 6) is 2.50. The van der Waals surface area contributed by atoms with Gasteiger partial charge in [-0.3, -0.25) is 0 Å². The highest BCUT2D eigenvalue weighted by molar-refractivity contribution is 8.07. The molecule has 1 saturated heterocycles. The minimum absolute atomic E-state index is 0.434. The third kappa shape index (κ3) is 3.98. The molecule has 0 amide bonds. The number of halogens is 2. The van der Waals surface area contributed by atoms with Crippen molar-refractivity contribution >= 4 is 46.7 Å². The summed E-state index contributed by atoms with van der Waals surface area (Å²) in [5.41, 5.74) is 1.14. The Labute approximate surface area is 134 Å². The zero-order chi connectivity index (χ0) is 13.8. The molecule has 2 rings (SSSR count). The van der Waals surface area contributed by atoms with Crippen molar-refractivity contribution in [2.75, 3.05) is 18.6 Å². The van der Waals surface area contributed by atoms with Gasteiger partial charge in [0.25, 0.3) is 0 Å².